The van der Waals surface area contributed by atoms with E-state index in [0.29, 0.717) is 0 Å². The lowest BCUT2D eigenvalue weighted by atomic mass is 9.63. The minimum atomic E-state index is -0.516. The van der Waals surface area contributed by atoms with E-state index in [1.165, 1.54) is 72.6 Å². The molecular formula is C44H31N. The van der Waals surface area contributed by atoms with E-state index >= 15 is 0 Å². The molecule has 0 N–H and O–H groups in total. The van der Waals surface area contributed by atoms with Gasteiger partial charge in [0.25, 0.3) is 0 Å². The molecule has 1 spiro atoms. The maximum absolute atomic E-state index is 2.53. The Hall–Kier alpha value is -5.66. The predicted molar refractivity (Wildman–Crippen MR) is 190 cm³/mol. The van der Waals surface area contributed by atoms with Crippen molar-refractivity contribution in [3.8, 4) is 11.1 Å². The molecule has 45 heavy (non-hydrogen) atoms. The third-order valence-corrected chi connectivity index (χ3v) is 9.78. The van der Waals surface area contributed by atoms with Crippen LogP contribution in [0, 0.1) is 12.3 Å². The van der Waals surface area contributed by atoms with E-state index in [9.17, 15) is 0 Å². The van der Waals surface area contributed by atoms with Crippen LogP contribution in [-0.2, 0) is 0 Å². The molecule has 0 amide bonds. The number of anilines is 2. The van der Waals surface area contributed by atoms with Crippen molar-refractivity contribution in [2.45, 2.75) is 6.92 Å². The summed E-state index contributed by atoms with van der Waals surface area (Å²) < 4.78 is 0. The van der Waals surface area contributed by atoms with Crippen molar-refractivity contribution in [2.24, 2.45) is 5.41 Å². The zero-order chi connectivity index (χ0) is 30.0. The summed E-state index contributed by atoms with van der Waals surface area (Å²) in [6.45, 7) is 2.22. The highest BCUT2D eigenvalue weighted by Crippen LogP contribution is 2.63. The summed E-state index contributed by atoms with van der Waals surface area (Å²) in [7, 11) is 0. The molecule has 0 saturated heterocycles. The minimum absolute atomic E-state index is 0.516. The first-order valence-corrected chi connectivity index (χ1v) is 15.7. The number of hydrogen-bond donors (Lipinski definition) is 0. The molecule has 5 aromatic carbocycles. The molecule has 0 heterocycles. The second kappa shape index (κ2) is 9.94. The van der Waals surface area contributed by atoms with Gasteiger partial charge in [-0.05, 0) is 93.0 Å². The van der Waals surface area contributed by atoms with Crippen LogP contribution in [0.1, 0.15) is 27.8 Å². The summed E-state index contributed by atoms with van der Waals surface area (Å²) >= 11 is 0. The first-order valence-electron chi connectivity index (χ1n) is 15.7. The van der Waals surface area contributed by atoms with E-state index < -0.39 is 5.41 Å². The van der Waals surface area contributed by atoms with Gasteiger partial charge < -0.3 is 4.90 Å². The average Bonchev–Trinajstić information content (AvgIpc) is 3.67. The highest BCUT2D eigenvalue weighted by molar-refractivity contribution is 6.07. The average molecular weight is 574 g/mol. The predicted octanol–water partition coefficient (Wildman–Crippen LogP) is 11.2. The van der Waals surface area contributed by atoms with Crippen LogP contribution in [-0.4, -0.2) is 0 Å². The molecule has 0 bridgehead atoms. The molecule has 5 aromatic rings. The van der Waals surface area contributed by atoms with Gasteiger partial charge in [0.15, 0.2) is 0 Å². The zero-order valence-electron chi connectivity index (χ0n) is 25.1. The van der Waals surface area contributed by atoms with E-state index in [4.69, 9.17) is 0 Å². The van der Waals surface area contributed by atoms with Gasteiger partial charge in [-0.25, -0.2) is 0 Å². The Morgan fingerprint density at radius 3 is 1.73 bits per heavy atom. The zero-order valence-corrected chi connectivity index (χ0v) is 25.1. The van der Waals surface area contributed by atoms with Crippen LogP contribution in [0.3, 0.4) is 0 Å². The maximum Gasteiger partial charge on any atom is 0.0803 e. The van der Waals surface area contributed by atoms with E-state index in [0.717, 1.165) is 5.69 Å². The molecule has 1 atom stereocenters. The monoisotopic (exact) mass is 573 g/mol. The molecule has 0 aliphatic heterocycles. The minimum Gasteiger partial charge on any atom is -0.312 e. The molecule has 0 aromatic heterocycles. The topological polar surface area (TPSA) is 3.24 Å². The lowest BCUT2D eigenvalue weighted by molar-refractivity contribution is 0.676. The van der Waals surface area contributed by atoms with E-state index in [-0.39, 0.29) is 0 Å². The number of benzene rings is 5. The first-order chi connectivity index (χ1) is 22.2. The van der Waals surface area contributed by atoms with Crippen molar-refractivity contribution in [3.63, 3.8) is 0 Å². The molecule has 1 nitrogen and oxygen atoms in total. The largest absolute Gasteiger partial charge is 0.312 e. The second-order valence-corrected chi connectivity index (χ2v) is 12.2. The third kappa shape index (κ3) is 3.74. The highest BCUT2D eigenvalue weighted by atomic mass is 15.2. The molecule has 0 saturated carbocycles. The Bertz CT molecular complexity index is 2200. The van der Waals surface area contributed by atoms with E-state index in [2.05, 4.69) is 182 Å². The Balaban J connectivity index is 1.36. The van der Waals surface area contributed by atoms with Crippen molar-refractivity contribution >= 4 is 34.7 Å². The van der Waals surface area contributed by atoms with Crippen molar-refractivity contribution < 1.29 is 0 Å². The van der Waals surface area contributed by atoms with Gasteiger partial charge in [-0.1, -0.05) is 140 Å². The fourth-order valence-corrected chi connectivity index (χ4v) is 7.76. The summed E-state index contributed by atoms with van der Waals surface area (Å²) in [5, 5.41) is 0. The molecule has 1 heteroatoms. The fourth-order valence-electron chi connectivity index (χ4n) is 7.76. The second-order valence-electron chi connectivity index (χ2n) is 12.2. The van der Waals surface area contributed by atoms with Crippen LogP contribution >= 0.6 is 0 Å². The van der Waals surface area contributed by atoms with Crippen molar-refractivity contribution in [1.29, 1.82) is 0 Å². The smallest absolute Gasteiger partial charge is 0.0803 e. The van der Waals surface area contributed by atoms with Gasteiger partial charge in [-0.15, -0.1) is 0 Å². The van der Waals surface area contributed by atoms with Crippen LogP contribution < -0.4 is 4.90 Å². The van der Waals surface area contributed by atoms with Crippen molar-refractivity contribution in [2.75, 3.05) is 4.90 Å². The van der Waals surface area contributed by atoms with Crippen LogP contribution in [0.25, 0.3) is 34.4 Å². The molecule has 0 fully saturated rings. The lowest BCUT2D eigenvalue weighted by Crippen LogP contribution is -2.37. The summed E-state index contributed by atoms with van der Waals surface area (Å²) in [4.78, 5) is 2.53. The van der Waals surface area contributed by atoms with Crippen molar-refractivity contribution in [1.82, 2.24) is 0 Å². The lowest BCUT2D eigenvalue weighted by Gasteiger charge is -2.46. The Morgan fingerprint density at radius 2 is 1.04 bits per heavy atom. The first kappa shape index (κ1) is 25.8. The van der Waals surface area contributed by atoms with Gasteiger partial charge in [0.2, 0.25) is 0 Å². The van der Waals surface area contributed by atoms with Crippen LogP contribution in [0.15, 0.2) is 175 Å². The maximum atomic E-state index is 2.53. The van der Waals surface area contributed by atoms with Crippen LogP contribution in [0.5, 0.6) is 0 Å². The van der Waals surface area contributed by atoms with Gasteiger partial charge in [0.05, 0.1) is 11.1 Å². The quantitative estimate of drug-likeness (QED) is 0.207. The number of allylic oxidation sites excluding steroid dienone is 7. The number of aryl methyl sites for hydroxylation is 1. The summed E-state index contributed by atoms with van der Waals surface area (Å²) in [5.74, 6) is 0. The summed E-state index contributed by atoms with van der Waals surface area (Å²) in [5.41, 5.74) is 17.1. The Labute approximate surface area is 264 Å². The Kier molecular flexibility index (Phi) is 5.70. The summed E-state index contributed by atoms with van der Waals surface area (Å²) in [6, 6.07) is 46.1. The third-order valence-electron chi connectivity index (χ3n) is 9.78. The van der Waals surface area contributed by atoms with Gasteiger partial charge >= 0.3 is 0 Å². The van der Waals surface area contributed by atoms with Gasteiger partial charge in [0.1, 0.15) is 0 Å². The highest BCUT2D eigenvalue weighted by Gasteiger charge is 2.50. The van der Waals surface area contributed by atoms with Gasteiger partial charge in [-0.2, -0.15) is 0 Å². The number of rotatable bonds is 4. The number of fused-ring (bicyclic) bond motifs is 8. The van der Waals surface area contributed by atoms with Gasteiger partial charge in [0, 0.05) is 16.9 Å². The standard InChI is InChI=1S/C44H31N/c1-30-14-5-11-23-41(30)45(42-24-12-10-21-36(42)31-15-3-2-4-16-31)43-26-25-38-35-20-9-7-18-33(35)29-40(38)44(43)27-13-22-37-34-19-8-6-17-32(34)28-39(37)44/h2-29H,1H3. The van der Waals surface area contributed by atoms with Crippen LogP contribution in [0.2, 0.25) is 0 Å². The Morgan fingerprint density at radius 1 is 0.489 bits per heavy atom. The molecular weight excluding hydrogens is 542 g/mol. The summed E-state index contributed by atoms with van der Waals surface area (Å²) in [6.07, 6.45) is 16.6. The molecule has 212 valence electrons. The van der Waals surface area contributed by atoms with Gasteiger partial charge in [-0.3, -0.25) is 0 Å². The SMILES string of the molecule is Cc1ccccc1N(C1=CC=C2C(=Cc3ccccc32)C12C=CC=C1C2=Cc2ccccc21)c1ccccc1-c1ccccc1. The molecule has 0 radical (unpaired) electrons. The van der Waals surface area contributed by atoms with E-state index in [1.807, 2.05) is 0 Å². The molecule has 9 rings (SSSR count). The van der Waals surface area contributed by atoms with E-state index in [1.54, 1.807) is 0 Å². The number of hydrogen-bond acceptors (Lipinski definition) is 1. The molecule has 4 aliphatic carbocycles. The number of para-hydroxylation sites is 2. The van der Waals surface area contributed by atoms with Crippen molar-refractivity contribution in [3.05, 3.63) is 202 Å². The number of nitrogens with zero attached hydrogens (tertiary/aromatic N) is 1. The fraction of sp³-hybridized carbons (Fsp3) is 0.0455. The normalized spacial score (nSPS) is 18.6. The van der Waals surface area contributed by atoms with Crippen LogP contribution in [0.4, 0.5) is 11.4 Å². The molecule has 4 aliphatic rings. The molecule has 1 unspecified atom stereocenters.